The third-order valence-electron chi connectivity index (χ3n) is 3.53. The van der Waals surface area contributed by atoms with Crippen molar-refractivity contribution in [2.45, 2.75) is 17.9 Å². The minimum atomic E-state index is -0.994. The Labute approximate surface area is 169 Å². The molecular formula is C16H18BN5O4S2. The maximum absolute atomic E-state index is 9.71. The van der Waals surface area contributed by atoms with Crippen molar-refractivity contribution in [1.82, 2.24) is 20.2 Å². The quantitative estimate of drug-likeness (QED) is 0.398. The van der Waals surface area contributed by atoms with E-state index in [0.29, 0.717) is 39.2 Å². The number of aromatic amines is 1. The van der Waals surface area contributed by atoms with E-state index in [2.05, 4.69) is 25.2 Å². The molecule has 12 heteroatoms. The van der Waals surface area contributed by atoms with Crippen molar-refractivity contribution in [3.8, 4) is 11.5 Å². The van der Waals surface area contributed by atoms with Gasteiger partial charge in [-0.25, -0.2) is 0 Å². The van der Waals surface area contributed by atoms with E-state index in [-0.39, 0.29) is 13.2 Å². The van der Waals surface area contributed by atoms with Crippen molar-refractivity contribution in [3.05, 3.63) is 40.6 Å². The molecule has 0 radical (unpaired) electrons. The van der Waals surface area contributed by atoms with Crippen LogP contribution in [0.15, 0.2) is 34.4 Å². The summed E-state index contributed by atoms with van der Waals surface area (Å²) in [6, 6.07) is 3.50. The molecule has 3 aromatic heterocycles. The number of ether oxygens (including phenoxy) is 1. The maximum atomic E-state index is 9.71. The summed E-state index contributed by atoms with van der Waals surface area (Å²) in [5.41, 5.74) is 1.09. The molecular weight excluding hydrogens is 401 g/mol. The fourth-order valence-electron chi connectivity index (χ4n) is 2.15. The Morgan fingerprint density at radius 2 is 2.25 bits per heavy atom. The van der Waals surface area contributed by atoms with Gasteiger partial charge in [-0.15, -0.1) is 0 Å². The van der Waals surface area contributed by atoms with Crippen molar-refractivity contribution < 1.29 is 20.1 Å². The molecule has 0 amide bonds. The van der Waals surface area contributed by atoms with Crippen LogP contribution in [0.4, 0.5) is 5.82 Å². The molecule has 3 rings (SSSR count). The molecule has 0 aliphatic heterocycles. The number of aliphatic hydroxyl groups excluding tert-OH is 3. The summed E-state index contributed by atoms with van der Waals surface area (Å²) >= 11 is 2.72. The Morgan fingerprint density at radius 1 is 1.39 bits per heavy atom. The average Bonchev–Trinajstić information content (AvgIpc) is 3.17. The number of nitrogens with zero attached hydrogens (tertiary/aromatic N) is 4. The van der Waals surface area contributed by atoms with Gasteiger partial charge in [-0.2, -0.15) is 0 Å². The van der Waals surface area contributed by atoms with Crippen molar-refractivity contribution in [2.24, 2.45) is 4.99 Å². The van der Waals surface area contributed by atoms with E-state index >= 15 is 0 Å². The average molecular weight is 419 g/mol. The van der Waals surface area contributed by atoms with Crippen LogP contribution in [0.3, 0.4) is 0 Å². The molecule has 0 aromatic carbocycles. The van der Waals surface area contributed by atoms with Gasteiger partial charge < -0.3 is 0 Å². The Morgan fingerprint density at radius 3 is 3.00 bits per heavy atom. The molecule has 0 bridgehead atoms. The molecule has 0 saturated heterocycles. The Balaban J connectivity index is 1.98. The van der Waals surface area contributed by atoms with Gasteiger partial charge in [-0.3, -0.25) is 0 Å². The first kappa shape index (κ1) is 20.6. The third-order valence-corrected chi connectivity index (χ3v) is 5.26. The number of hydrogen-bond donors (Lipinski definition) is 4. The van der Waals surface area contributed by atoms with Gasteiger partial charge in [0.25, 0.3) is 0 Å². The van der Waals surface area contributed by atoms with Crippen molar-refractivity contribution in [2.75, 3.05) is 19.0 Å². The Bertz CT molecular complexity index is 997. The zero-order valence-corrected chi connectivity index (χ0v) is 16.6. The molecule has 0 spiro atoms. The first-order valence-corrected chi connectivity index (χ1v) is 10.2. The number of H-pyrrole nitrogens is 1. The van der Waals surface area contributed by atoms with E-state index < -0.39 is 6.10 Å². The molecule has 1 unspecified atom stereocenters. The van der Waals surface area contributed by atoms with Crippen LogP contribution in [0.1, 0.15) is 17.4 Å². The van der Waals surface area contributed by atoms with Gasteiger partial charge in [-0.05, 0) is 0 Å². The molecule has 3 aromatic rings. The van der Waals surface area contributed by atoms with E-state index in [4.69, 9.17) is 14.9 Å². The number of aryl methyl sites for hydroxylation is 1. The summed E-state index contributed by atoms with van der Waals surface area (Å²) in [5, 5.41) is 35.6. The fourth-order valence-corrected chi connectivity index (χ4v) is 3.57. The molecule has 9 nitrogen and oxygen atoms in total. The van der Waals surface area contributed by atoms with Crippen LogP contribution in [-0.2, 0) is 0 Å². The van der Waals surface area contributed by atoms with Crippen LogP contribution in [0.2, 0.25) is 0 Å². The van der Waals surface area contributed by atoms with Crippen LogP contribution < -0.4 is 9.54 Å². The molecule has 0 fully saturated rings. The van der Waals surface area contributed by atoms with E-state index in [1.54, 1.807) is 31.4 Å². The number of aromatic nitrogens is 4. The van der Waals surface area contributed by atoms with Gasteiger partial charge in [0.2, 0.25) is 0 Å². The molecule has 0 aliphatic rings. The second-order valence-corrected chi connectivity index (χ2v) is 7.61. The number of aliphatic hydroxyl groups is 3. The standard InChI is InChI=1S/C16H18BN5O4S2/c1-9-12(2-3-19-22-9)26-13-6-10(27-5-4-23)7-18-15(13)21-16-20-14(17-28-16)11(25)8-24/h2-3,6-7,11,23-25H,4-5,8H2,1H3,(H,18,20,21). The summed E-state index contributed by atoms with van der Waals surface area (Å²) in [6.45, 7) is 1.46. The van der Waals surface area contributed by atoms with E-state index in [9.17, 15) is 5.11 Å². The number of rotatable bonds is 8. The predicted octanol–water partition coefficient (Wildman–Crippen LogP) is 1.04. The van der Waals surface area contributed by atoms with E-state index in [1.165, 1.54) is 29.1 Å². The summed E-state index contributed by atoms with van der Waals surface area (Å²) in [4.78, 5) is 13.1. The molecule has 0 aliphatic carbocycles. The predicted molar refractivity (Wildman–Crippen MR) is 106 cm³/mol. The van der Waals surface area contributed by atoms with Crippen LogP contribution in [0, 0.1) is 6.92 Å². The van der Waals surface area contributed by atoms with E-state index in [1.807, 2.05) is 0 Å². The number of thioether (sulfide) groups is 1. The van der Waals surface area contributed by atoms with Crippen LogP contribution in [0.5, 0.6) is 11.5 Å². The van der Waals surface area contributed by atoms with Gasteiger partial charge in [0, 0.05) is 0 Å². The number of nitrogens with one attached hydrogen (secondary N) is 1. The van der Waals surface area contributed by atoms with Crippen molar-refractivity contribution in [1.29, 1.82) is 0 Å². The summed E-state index contributed by atoms with van der Waals surface area (Å²) in [6.07, 6.45) is 3.88. The monoisotopic (exact) mass is 419 g/mol. The number of hydrogen-bond acceptors (Lipinski definition) is 10. The normalized spacial score (nSPS) is 12.8. The zero-order valence-electron chi connectivity index (χ0n) is 14.9. The third kappa shape index (κ3) is 5.23. The van der Waals surface area contributed by atoms with E-state index in [0.717, 1.165) is 4.90 Å². The summed E-state index contributed by atoms with van der Waals surface area (Å²) < 4.78 is 5.98. The molecule has 0 saturated carbocycles. The number of pyridine rings is 1. The second kappa shape index (κ2) is 9.89. The van der Waals surface area contributed by atoms with Gasteiger partial charge in [0.05, 0.1) is 0 Å². The minimum absolute atomic E-state index is 0.0560. The van der Waals surface area contributed by atoms with Gasteiger partial charge in [0.1, 0.15) is 0 Å². The van der Waals surface area contributed by atoms with Gasteiger partial charge in [0.15, 0.2) is 0 Å². The summed E-state index contributed by atoms with van der Waals surface area (Å²) in [7, 11) is 0. The Hall–Kier alpha value is -2.12. The van der Waals surface area contributed by atoms with Crippen LogP contribution in [0.25, 0.3) is 0 Å². The van der Waals surface area contributed by atoms with Crippen LogP contribution in [-0.4, -0.2) is 60.6 Å². The van der Waals surface area contributed by atoms with Crippen molar-refractivity contribution in [3.63, 3.8) is 0 Å². The second-order valence-electron chi connectivity index (χ2n) is 5.58. The zero-order chi connectivity index (χ0) is 19.9. The molecule has 1 atom stereocenters. The Kier molecular flexibility index (Phi) is 7.28. The molecule has 28 heavy (non-hydrogen) atoms. The topological polar surface area (TPSA) is 137 Å². The molecule has 4 N–H and O–H groups in total. The van der Waals surface area contributed by atoms with Crippen molar-refractivity contribution >= 4 is 34.9 Å². The van der Waals surface area contributed by atoms with Gasteiger partial charge >= 0.3 is 169 Å². The first-order valence-electron chi connectivity index (χ1n) is 8.32. The fraction of sp³-hybridized carbons (Fsp3) is 0.312. The SMILES string of the molecule is Cc1nnccc1Oc1cc(SCCO)cnc1/N=c1/[nH]c(C(O)CO)bs1. The summed E-state index contributed by atoms with van der Waals surface area (Å²) in [5.74, 6) is 1.83. The van der Waals surface area contributed by atoms with Crippen LogP contribution >= 0.6 is 22.9 Å². The molecule has 146 valence electrons. The van der Waals surface area contributed by atoms with Gasteiger partial charge in [-0.1, -0.05) is 0 Å². The molecule has 3 heterocycles. The first-order chi connectivity index (χ1) is 13.6.